The molecule has 18 heavy (non-hydrogen) atoms. The van der Waals surface area contributed by atoms with Crippen molar-refractivity contribution in [3.8, 4) is 0 Å². The molecule has 0 saturated carbocycles. The number of ether oxygens (including phenoxy) is 2. The van der Waals surface area contributed by atoms with Crippen LogP contribution < -0.4 is 11.2 Å². The maximum Gasteiger partial charge on any atom is 0.330 e. The average molecular weight is 260 g/mol. The molecule has 1 aliphatic heterocycles. The molecule has 0 aromatic carbocycles. The number of hydrogen-bond donors (Lipinski definition) is 2. The van der Waals surface area contributed by atoms with Crippen molar-refractivity contribution >= 4 is 0 Å². The lowest BCUT2D eigenvalue weighted by Crippen LogP contribution is -2.43. The number of aromatic nitrogens is 2. The minimum absolute atomic E-state index is 0.152. The van der Waals surface area contributed by atoms with Crippen molar-refractivity contribution in [3.05, 3.63) is 33.1 Å². The van der Waals surface area contributed by atoms with Crippen LogP contribution in [0.1, 0.15) is 12.6 Å². The number of hydrogen-bond acceptors (Lipinski definition) is 5. The summed E-state index contributed by atoms with van der Waals surface area (Å²) in [5, 5.41) is 9.13. The third kappa shape index (κ3) is 1.98. The molecule has 1 aromatic heterocycles. The Balaban J connectivity index is 2.32. The van der Waals surface area contributed by atoms with Gasteiger partial charge in [0.15, 0.2) is 6.17 Å². The average Bonchev–Trinajstić information content (AvgIpc) is 2.67. The lowest BCUT2D eigenvalue weighted by atomic mass is 10.1. The lowest BCUT2D eigenvalue weighted by molar-refractivity contribution is -0.260. The predicted octanol–water partition coefficient (Wildman–Crippen LogP) is -0.871. The number of rotatable bonds is 3. The van der Waals surface area contributed by atoms with Crippen LogP contribution in [-0.2, 0) is 9.47 Å². The minimum atomic E-state index is -1.76. The number of nitrogens with zero attached hydrogens (tertiary/aromatic N) is 1. The summed E-state index contributed by atoms with van der Waals surface area (Å²) in [6.07, 6.45) is -1.45. The first-order valence-corrected chi connectivity index (χ1v) is 5.32. The van der Waals surface area contributed by atoms with E-state index in [2.05, 4.69) is 0 Å². The highest BCUT2D eigenvalue weighted by molar-refractivity contribution is 4.92. The molecule has 2 heterocycles. The van der Waals surface area contributed by atoms with E-state index in [4.69, 9.17) is 14.6 Å². The fourth-order valence-electron chi connectivity index (χ4n) is 1.91. The van der Waals surface area contributed by atoms with Gasteiger partial charge in [-0.05, 0) is 0 Å². The number of H-pyrrole nitrogens is 1. The summed E-state index contributed by atoms with van der Waals surface area (Å²) in [5.74, 6) is -1.76. The maximum atomic E-state index is 13.8. The van der Waals surface area contributed by atoms with Crippen molar-refractivity contribution in [1.82, 2.24) is 9.55 Å². The summed E-state index contributed by atoms with van der Waals surface area (Å²) < 4.78 is 24.9. The summed E-state index contributed by atoms with van der Waals surface area (Å²) in [4.78, 5) is 24.5. The molecule has 0 bridgehead atoms. The van der Waals surface area contributed by atoms with Crippen LogP contribution in [0.5, 0.6) is 0 Å². The van der Waals surface area contributed by atoms with E-state index in [1.165, 1.54) is 13.3 Å². The van der Waals surface area contributed by atoms with Gasteiger partial charge in [-0.1, -0.05) is 0 Å². The summed E-state index contributed by atoms with van der Waals surface area (Å²) in [7, 11) is 1.21. The highest BCUT2D eigenvalue weighted by Crippen LogP contribution is 2.38. The Morgan fingerprint density at radius 3 is 2.94 bits per heavy atom. The van der Waals surface area contributed by atoms with Crippen LogP contribution in [-0.4, -0.2) is 40.3 Å². The summed E-state index contributed by atoms with van der Waals surface area (Å²) >= 11 is 0. The normalized spacial score (nSPS) is 31.7. The molecule has 2 rings (SSSR count). The Labute approximate surface area is 101 Å². The summed E-state index contributed by atoms with van der Waals surface area (Å²) in [6, 6.07) is 1.13. The van der Waals surface area contributed by atoms with E-state index in [1.54, 1.807) is 0 Å². The molecule has 1 aromatic rings. The zero-order valence-corrected chi connectivity index (χ0v) is 9.63. The smallest absolute Gasteiger partial charge is 0.330 e. The van der Waals surface area contributed by atoms with Crippen molar-refractivity contribution in [2.24, 2.45) is 0 Å². The molecule has 0 radical (unpaired) electrons. The second-order valence-electron chi connectivity index (χ2n) is 3.97. The van der Waals surface area contributed by atoms with Crippen LogP contribution in [0.25, 0.3) is 0 Å². The molecule has 0 aliphatic carbocycles. The molecule has 1 aliphatic rings. The molecule has 1 fully saturated rings. The standard InChI is InChI=1S/C10H13FN2O5/c1-17-10(5-14)6(11)4-8(18-10)13-3-2-7(15)12-9(13)16/h2-3,6,8,14H,4-5H2,1H3,(H,12,15,16)/t6?,8-,10-/m0/s1. The Morgan fingerprint density at radius 1 is 1.72 bits per heavy atom. The molecule has 3 atom stereocenters. The van der Waals surface area contributed by atoms with E-state index in [0.717, 1.165) is 10.6 Å². The van der Waals surface area contributed by atoms with Gasteiger partial charge in [-0.3, -0.25) is 14.3 Å². The number of aliphatic hydroxyl groups excluding tert-OH is 1. The van der Waals surface area contributed by atoms with E-state index in [0.29, 0.717) is 0 Å². The topological polar surface area (TPSA) is 93.5 Å². The first-order valence-electron chi connectivity index (χ1n) is 5.32. The zero-order valence-electron chi connectivity index (χ0n) is 9.63. The molecule has 8 heteroatoms. The van der Waals surface area contributed by atoms with Gasteiger partial charge in [0.25, 0.3) is 5.56 Å². The number of halogens is 1. The fourth-order valence-corrected chi connectivity index (χ4v) is 1.91. The van der Waals surface area contributed by atoms with Crippen LogP contribution in [0.3, 0.4) is 0 Å². The zero-order chi connectivity index (χ0) is 13.3. The van der Waals surface area contributed by atoms with E-state index in [1.807, 2.05) is 4.98 Å². The maximum absolute atomic E-state index is 13.8. The molecule has 1 unspecified atom stereocenters. The highest BCUT2D eigenvalue weighted by Gasteiger charge is 2.50. The van der Waals surface area contributed by atoms with E-state index < -0.39 is 36.0 Å². The fraction of sp³-hybridized carbons (Fsp3) is 0.600. The highest BCUT2D eigenvalue weighted by atomic mass is 19.1. The number of methoxy groups -OCH3 is 1. The van der Waals surface area contributed by atoms with Gasteiger partial charge in [-0.2, -0.15) is 0 Å². The van der Waals surface area contributed by atoms with Gasteiger partial charge in [0.05, 0.1) is 0 Å². The monoisotopic (exact) mass is 260 g/mol. The Kier molecular flexibility index (Phi) is 3.33. The first kappa shape index (κ1) is 12.9. The van der Waals surface area contributed by atoms with Crippen molar-refractivity contribution in [2.45, 2.75) is 24.6 Å². The van der Waals surface area contributed by atoms with Gasteiger partial charge in [0, 0.05) is 25.8 Å². The predicted molar refractivity (Wildman–Crippen MR) is 57.8 cm³/mol. The van der Waals surface area contributed by atoms with Crippen molar-refractivity contribution < 1.29 is 19.0 Å². The molecule has 1 saturated heterocycles. The molecule has 100 valence electrons. The molecular weight excluding hydrogens is 247 g/mol. The summed E-state index contributed by atoms with van der Waals surface area (Å²) in [6.45, 7) is -0.667. The third-order valence-electron chi connectivity index (χ3n) is 2.95. The van der Waals surface area contributed by atoms with Gasteiger partial charge >= 0.3 is 5.69 Å². The Hall–Kier alpha value is -1.51. The van der Waals surface area contributed by atoms with Crippen LogP contribution in [0.15, 0.2) is 21.9 Å². The second kappa shape index (κ2) is 4.63. The molecule has 2 N–H and O–H groups in total. The van der Waals surface area contributed by atoms with Crippen molar-refractivity contribution in [1.29, 1.82) is 0 Å². The minimum Gasteiger partial charge on any atom is -0.391 e. The largest absolute Gasteiger partial charge is 0.391 e. The van der Waals surface area contributed by atoms with Crippen molar-refractivity contribution in [2.75, 3.05) is 13.7 Å². The van der Waals surface area contributed by atoms with Crippen molar-refractivity contribution in [3.63, 3.8) is 0 Å². The molecule has 0 spiro atoms. The second-order valence-corrected chi connectivity index (χ2v) is 3.97. The number of nitrogens with one attached hydrogen (secondary N) is 1. The molecule has 0 amide bonds. The quantitative estimate of drug-likeness (QED) is 0.736. The van der Waals surface area contributed by atoms with Gasteiger partial charge < -0.3 is 14.6 Å². The van der Waals surface area contributed by atoms with Crippen LogP contribution in [0, 0.1) is 0 Å². The van der Waals surface area contributed by atoms with Gasteiger partial charge in [0.1, 0.15) is 12.8 Å². The summed E-state index contributed by atoms with van der Waals surface area (Å²) in [5.41, 5.74) is -1.25. The molecule has 7 nitrogen and oxygen atoms in total. The SMILES string of the molecule is CO[C@@]1(CO)O[C@H](n2ccc(=O)[nH]c2=O)CC1F. The van der Waals surface area contributed by atoms with Crippen LogP contribution in [0.4, 0.5) is 4.39 Å². The third-order valence-corrected chi connectivity index (χ3v) is 2.95. The number of aliphatic hydroxyl groups is 1. The van der Waals surface area contributed by atoms with E-state index in [-0.39, 0.29) is 6.42 Å². The van der Waals surface area contributed by atoms with Gasteiger partial charge in [0.2, 0.25) is 5.79 Å². The van der Waals surface area contributed by atoms with E-state index in [9.17, 15) is 14.0 Å². The van der Waals surface area contributed by atoms with Gasteiger partial charge in [-0.25, -0.2) is 9.18 Å². The Bertz CT molecular complexity index is 536. The number of alkyl halides is 1. The number of aromatic amines is 1. The van der Waals surface area contributed by atoms with Crippen LogP contribution >= 0.6 is 0 Å². The first-order chi connectivity index (χ1) is 8.52. The van der Waals surface area contributed by atoms with Gasteiger partial charge in [-0.15, -0.1) is 0 Å². The lowest BCUT2D eigenvalue weighted by Gasteiger charge is -2.26. The van der Waals surface area contributed by atoms with E-state index >= 15 is 0 Å². The van der Waals surface area contributed by atoms with Crippen LogP contribution in [0.2, 0.25) is 0 Å². The Morgan fingerprint density at radius 2 is 2.44 bits per heavy atom. The molecular formula is C10H13FN2O5.